The highest BCUT2D eigenvalue weighted by molar-refractivity contribution is 5.69. The van der Waals surface area contributed by atoms with E-state index in [1.165, 1.54) is 4.90 Å². The zero-order chi connectivity index (χ0) is 14.6. The monoisotopic (exact) mass is 285 g/mol. The number of nitrogens with zero attached hydrogens (tertiary/aromatic N) is 4. The molecule has 2 aliphatic heterocycles. The summed E-state index contributed by atoms with van der Waals surface area (Å²) in [6, 6.07) is 3.59. The summed E-state index contributed by atoms with van der Waals surface area (Å²) >= 11 is 0. The molecule has 2 bridgehead atoms. The first-order chi connectivity index (χ1) is 10.1. The van der Waals surface area contributed by atoms with Crippen molar-refractivity contribution < 1.29 is 9.90 Å². The first-order valence-corrected chi connectivity index (χ1v) is 6.92. The third-order valence-corrected chi connectivity index (χ3v) is 4.59. The minimum Gasteiger partial charge on any atom is -0.465 e. The van der Waals surface area contributed by atoms with Crippen LogP contribution in [0.5, 0.6) is 0 Å². The molecule has 4 heterocycles. The van der Waals surface area contributed by atoms with Crippen LogP contribution in [0.2, 0.25) is 0 Å². The average molecular weight is 285 g/mol. The summed E-state index contributed by atoms with van der Waals surface area (Å²) in [6.07, 6.45) is 6.61. The van der Waals surface area contributed by atoms with E-state index in [1.54, 1.807) is 23.0 Å². The molecular formula is C14H15N5O2. The fourth-order valence-corrected chi connectivity index (χ4v) is 3.64. The molecule has 1 saturated heterocycles. The van der Waals surface area contributed by atoms with Crippen molar-refractivity contribution in [1.82, 2.24) is 19.5 Å². The van der Waals surface area contributed by atoms with E-state index in [9.17, 15) is 9.90 Å². The third kappa shape index (κ3) is 1.45. The van der Waals surface area contributed by atoms with Gasteiger partial charge in [0.05, 0.1) is 11.9 Å². The van der Waals surface area contributed by atoms with Gasteiger partial charge in [-0.15, -0.1) is 0 Å². The van der Waals surface area contributed by atoms with Gasteiger partial charge in [-0.1, -0.05) is 6.08 Å². The number of amides is 1. The van der Waals surface area contributed by atoms with Crippen LogP contribution in [0.25, 0.3) is 5.65 Å². The smallest absolute Gasteiger partial charge is 0.408 e. The molecule has 2 aliphatic rings. The molecule has 3 N–H and O–H groups in total. The summed E-state index contributed by atoms with van der Waals surface area (Å²) < 4.78 is 1.65. The maximum atomic E-state index is 11.8. The summed E-state index contributed by atoms with van der Waals surface area (Å²) in [4.78, 5) is 17.8. The van der Waals surface area contributed by atoms with E-state index >= 15 is 0 Å². The number of nitrogens with two attached hydrogens (primary N) is 1. The normalized spacial score (nSPS) is 27.9. The lowest BCUT2D eigenvalue weighted by molar-refractivity contribution is 0.0868. The second-order valence-corrected chi connectivity index (χ2v) is 5.55. The van der Waals surface area contributed by atoms with Crippen LogP contribution >= 0.6 is 0 Å². The predicted octanol–water partition coefficient (Wildman–Crippen LogP) is 1.31. The Balaban J connectivity index is 1.95. The van der Waals surface area contributed by atoms with Crippen LogP contribution in [0.15, 0.2) is 36.3 Å². The number of carbonyl (C=O) groups is 1. The fourth-order valence-electron chi connectivity index (χ4n) is 3.64. The largest absolute Gasteiger partial charge is 0.465 e. The van der Waals surface area contributed by atoms with E-state index in [-0.39, 0.29) is 6.04 Å². The van der Waals surface area contributed by atoms with Gasteiger partial charge in [0.2, 0.25) is 0 Å². The van der Waals surface area contributed by atoms with Crippen LogP contribution in [0.4, 0.5) is 4.79 Å². The van der Waals surface area contributed by atoms with Crippen molar-refractivity contribution in [2.24, 2.45) is 5.73 Å². The lowest BCUT2D eigenvalue weighted by Crippen LogP contribution is -2.53. The molecule has 2 unspecified atom stereocenters. The SMILES string of the molecule is NC1=CCC2CCC1(c1ccn3nccc3n1)N2C(=O)O. The van der Waals surface area contributed by atoms with Crippen LogP contribution in [0, 0.1) is 0 Å². The molecule has 21 heavy (non-hydrogen) atoms. The molecule has 7 nitrogen and oxygen atoms in total. The van der Waals surface area contributed by atoms with E-state index in [4.69, 9.17) is 5.73 Å². The Labute approximate surface area is 120 Å². The van der Waals surface area contributed by atoms with Crippen molar-refractivity contribution >= 4 is 11.7 Å². The van der Waals surface area contributed by atoms with Gasteiger partial charge in [-0.2, -0.15) is 5.10 Å². The van der Waals surface area contributed by atoms with Crippen LogP contribution in [-0.4, -0.2) is 36.7 Å². The van der Waals surface area contributed by atoms with Crippen LogP contribution in [0.1, 0.15) is 25.0 Å². The lowest BCUT2D eigenvalue weighted by Gasteiger charge is -2.42. The van der Waals surface area contributed by atoms with Crippen molar-refractivity contribution in [2.45, 2.75) is 30.8 Å². The van der Waals surface area contributed by atoms with Gasteiger partial charge in [-0.25, -0.2) is 14.3 Å². The molecule has 0 radical (unpaired) electrons. The second-order valence-electron chi connectivity index (χ2n) is 5.55. The van der Waals surface area contributed by atoms with Crippen molar-refractivity contribution in [2.75, 3.05) is 0 Å². The molecule has 4 rings (SSSR count). The van der Waals surface area contributed by atoms with Crippen molar-refractivity contribution in [3.05, 3.63) is 42.0 Å². The maximum absolute atomic E-state index is 11.8. The van der Waals surface area contributed by atoms with Crippen LogP contribution in [0.3, 0.4) is 0 Å². The molecular weight excluding hydrogens is 270 g/mol. The van der Waals surface area contributed by atoms with Gasteiger partial charge in [0.1, 0.15) is 5.54 Å². The summed E-state index contributed by atoms with van der Waals surface area (Å²) in [5, 5.41) is 13.7. The average Bonchev–Trinajstić information content (AvgIpc) is 3.05. The van der Waals surface area contributed by atoms with Gasteiger partial charge in [0.25, 0.3) is 0 Å². The molecule has 7 heteroatoms. The molecule has 0 aromatic carbocycles. The molecule has 1 fully saturated rings. The highest BCUT2D eigenvalue weighted by Gasteiger charge is 2.54. The summed E-state index contributed by atoms with van der Waals surface area (Å²) in [5.41, 5.74) is 7.33. The van der Waals surface area contributed by atoms with E-state index in [1.807, 2.05) is 12.1 Å². The van der Waals surface area contributed by atoms with Crippen LogP contribution < -0.4 is 5.73 Å². The predicted molar refractivity (Wildman–Crippen MR) is 74.4 cm³/mol. The first kappa shape index (κ1) is 12.2. The van der Waals surface area contributed by atoms with E-state index in [2.05, 4.69) is 10.1 Å². The van der Waals surface area contributed by atoms with E-state index < -0.39 is 11.6 Å². The Morgan fingerprint density at radius 3 is 3.14 bits per heavy atom. The highest BCUT2D eigenvalue weighted by Crippen LogP contribution is 2.49. The summed E-state index contributed by atoms with van der Waals surface area (Å²) in [6.45, 7) is 0. The standard InChI is InChI=1S/C14H15N5O2/c15-10-2-1-9-3-6-14(10,19(9)13(20)21)11-5-8-18-12(17-11)4-7-16-18/h2,4-5,7-9H,1,3,6,15H2,(H,20,21). The van der Waals surface area contributed by atoms with E-state index in [0.29, 0.717) is 29.9 Å². The molecule has 0 saturated carbocycles. The third-order valence-electron chi connectivity index (χ3n) is 4.59. The molecule has 2 aromatic rings. The van der Waals surface area contributed by atoms with Gasteiger partial charge in [-0.05, 0) is 25.3 Å². The molecule has 0 aliphatic carbocycles. The number of fused-ring (bicyclic) bond motifs is 3. The van der Waals surface area contributed by atoms with Crippen molar-refractivity contribution in [3.63, 3.8) is 0 Å². The number of hydrogen-bond donors (Lipinski definition) is 2. The van der Waals surface area contributed by atoms with Crippen molar-refractivity contribution in [3.8, 4) is 0 Å². The highest BCUT2D eigenvalue weighted by atomic mass is 16.4. The second kappa shape index (κ2) is 3.97. The molecule has 108 valence electrons. The van der Waals surface area contributed by atoms with E-state index in [0.717, 1.165) is 6.42 Å². The number of hydrogen-bond acceptors (Lipinski definition) is 4. The Bertz CT molecular complexity index is 768. The topological polar surface area (TPSA) is 96.8 Å². The van der Waals surface area contributed by atoms with Gasteiger partial charge >= 0.3 is 6.09 Å². The van der Waals surface area contributed by atoms with Gasteiger partial charge in [0, 0.05) is 24.0 Å². The molecule has 0 spiro atoms. The summed E-state index contributed by atoms with van der Waals surface area (Å²) in [7, 11) is 0. The summed E-state index contributed by atoms with van der Waals surface area (Å²) in [5.74, 6) is 0. The quantitative estimate of drug-likeness (QED) is 0.823. The van der Waals surface area contributed by atoms with Gasteiger partial charge < -0.3 is 10.8 Å². The Kier molecular flexibility index (Phi) is 2.30. The van der Waals surface area contributed by atoms with Gasteiger partial charge in [-0.3, -0.25) is 4.90 Å². The maximum Gasteiger partial charge on any atom is 0.408 e. The molecule has 2 atom stereocenters. The number of aromatic nitrogens is 3. The zero-order valence-electron chi connectivity index (χ0n) is 11.3. The molecule has 2 aromatic heterocycles. The lowest BCUT2D eigenvalue weighted by atomic mass is 9.87. The Morgan fingerprint density at radius 2 is 2.33 bits per heavy atom. The fraction of sp³-hybridized carbons (Fsp3) is 0.357. The van der Waals surface area contributed by atoms with Gasteiger partial charge in [0.15, 0.2) is 5.65 Å². The minimum atomic E-state index is -0.941. The Hall–Kier alpha value is -2.57. The molecule has 1 amide bonds. The van der Waals surface area contributed by atoms with Crippen molar-refractivity contribution in [1.29, 1.82) is 0 Å². The Morgan fingerprint density at radius 1 is 1.48 bits per heavy atom. The number of carboxylic acid groups (broad SMARTS) is 1. The number of rotatable bonds is 1. The minimum absolute atomic E-state index is 0.0160. The van der Waals surface area contributed by atoms with Crippen LogP contribution in [-0.2, 0) is 5.54 Å². The zero-order valence-corrected chi connectivity index (χ0v) is 11.3. The first-order valence-electron chi connectivity index (χ1n) is 6.92.